The van der Waals surface area contributed by atoms with Gasteiger partial charge in [0, 0.05) is 34.2 Å². The molecule has 2 aromatic carbocycles. The van der Waals surface area contributed by atoms with Crippen LogP contribution in [0.25, 0.3) is 0 Å². The molecule has 0 bridgehead atoms. The number of hydrogen-bond donors (Lipinski definition) is 2. The second-order valence-electron chi connectivity index (χ2n) is 5.03. The normalized spacial score (nSPS) is 10.7. The number of benzene rings is 2. The minimum absolute atomic E-state index is 0.0820. The average Bonchev–Trinajstić information content (AvgIpc) is 2.57. The maximum absolute atomic E-state index is 12.1. The van der Waals surface area contributed by atoms with Crippen molar-refractivity contribution in [2.75, 3.05) is 10.6 Å². The van der Waals surface area contributed by atoms with Crippen molar-refractivity contribution in [3.05, 3.63) is 74.4 Å². The monoisotopic (exact) mass is 400 g/mol. The van der Waals surface area contributed by atoms with Crippen LogP contribution in [0.3, 0.4) is 0 Å². The number of nitrogens with zero attached hydrogens (tertiary/aromatic N) is 2. The van der Waals surface area contributed by atoms with E-state index < -0.39 is 10.8 Å². The third-order valence-corrected chi connectivity index (χ3v) is 3.75. The van der Waals surface area contributed by atoms with E-state index in [1.54, 1.807) is 0 Å². The summed E-state index contributed by atoms with van der Waals surface area (Å²) < 4.78 is 0.927. The van der Waals surface area contributed by atoms with E-state index in [4.69, 9.17) is 5.26 Å². The summed E-state index contributed by atoms with van der Waals surface area (Å²) in [7, 11) is 0. The summed E-state index contributed by atoms with van der Waals surface area (Å²) in [5.41, 5.74) is 1.86. The number of nitriles is 1. The first-order chi connectivity index (χ1) is 11.9. The van der Waals surface area contributed by atoms with Crippen LogP contribution >= 0.6 is 15.9 Å². The number of nitrogens with one attached hydrogen (secondary N) is 2. The van der Waals surface area contributed by atoms with Crippen LogP contribution < -0.4 is 10.6 Å². The topological polar surface area (TPSA) is 108 Å². The number of amides is 1. The van der Waals surface area contributed by atoms with Gasteiger partial charge in [0.1, 0.15) is 11.6 Å². The van der Waals surface area contributed by atoms with Gasteiger partial charge in [-0.05, 0) is 42.8 Å². The molecule has 1 amide bonds. The number of carbonyl (C=O) groups is 1. The molecule has 8 heteroatoms. The molecular formula is C17H13BrN4O3. The first kappa shape index (κ1) is 18.2. The van der Waals surface area contributed by atoms with Crippen molar-refractivity contribution in [1.29, 1.82) is 5.26 Å². The number of nitro benzene ring substituents is 1. The van der Waals surface area contributed by atoms with Crippen LogP contribution in [0, 0.1) is 28.4 Å². The Morgan fingerprint density at radius 1 is 1.28 bits per heavy atom. The average molecular weight is 401 g/mol. The summed E-state index contributed by atoms with van der Waals surface area (Å²) in [6, 6.07) is 12.7. The Morgan fingerprint density at radius 3 is 2.52 bits per heavy atom. The quantitative estimate of drug-likeness (QED) is 0.339. The number of nitro groups is 1. The fourth-order valence-corrected chi connectivity index (χ4v) is 2.43. The molecule has 0 heterocycles. The smallest absolute Gasteiger partial charge is 0.269 e. The minimum atomic E-state index is -0.612. The SMILES string of the molecule is Cc1cc(Br)ccc1N/C=C(/C#N)C(=O)Nc1ccc([N+](=O)[O-])cc1. The Hall–Kier alpha value is -3.18. The lowest BCUT2D eigenvalue weighted by molar-refractivity contribution is -0.384. The molecule has 2 rings (SSSR count). The van der Waals surface area contributed by atoms with Gasteiger partial charge < -0.3 is 10.6 Å². The van der Waals surface area contributed by atoms with E-state index >= 15 is 0 Å². The number of anilines is 2. The lowest BCUT2D eigenvalue weighted by Crippen LogP contribution is -2.14. The van der Waals surface area contributed by atoms with Gasteiger partial charge in [-0.15, -0.1) is 0 Å². The molecule has 25 heavy (non-hydrogen) atoms. The largest absolute Gasteiger partial charge is 0.360 e. The Balaban J connectivity index is 2.09. The van der Waals surface area contributed by atoms with Gasteiger partial charge in [-0.2, -0.15) is 5.26 Å². The van der Waals surface area contributed by atoms with Gasteiger partial charge in [-0.1, -0.05) is 15.9 Å². The molecule has 7 nitrogen and oxygen atoms in total. The molecule has 126 valence electrons. The van der Waals surface area contributed by atoms with Crippen molar-refractivity contribution in [1.82, 2.24) is 0 Å². The lowest BCUT2D eigenvalue weighted by atomic mass is 10.2. The first-order valence-electron chi connectivity index (χ1n) is 7.09. The Kier molecular flexibility index (Phi) is 5.87. The second kappa shape index (κ2) is 8.08. The fraction of sp³-hybridized carbons (Fsp3) is 0.0588. The molecule has 0 aliphatic heterocycles. The predicted octanol–water partition coefficient (Wildman–Crippen LogP) is 4.12. The van der Waals surface area contributed by atoms with Crippen molar-refractivity contribution in [3.63, 3.8) is 0 Å². The van der Waals surface area contributed by atoms with Gasteiger partial charge in [0.25, 0.3) is 11.6 Å². The van der Waals surface area contributed by atoms with Gasteiger partial charge in [0.05, 0.1) is 4.92 Å². The highest BCUT2D eigenvalue weighted by Gasteiger charge is 2.11. The number of halogens is 1. The molecule has 0 spiro atoms. The maximum atomic E-state index is 12.1. The molecule has 0 radical (unpaired) electrons. The standard InChI is InChI=1S/C17H13BrN4O3/c1-11-8-13(18)2-7-16(11)20-10-12(9-19)17(23)21-14-3-5-15(6-4-14)22(24)25/h2-8,10,20H,1H3,(H,21,23)/b12-10-. The number of non-ortho nitro benzene ring substituents is 1. The highest BCUT2D eigenvalue weighted by atomic mass is 79.9. The lowest BCUT2D eigenvalue weighted by Gasteiger charge is -2.07. The Labute approximate surface area is 152 Å². The van der Waals surface area contributed by atoms with Gasteiger partial charge in [0.2, 0.25) is 0 Å². The fourth-order valence-electron chi connectivity index (χ4n) is 1.95. The molecule has 0 aliphatic rings. The number of hydrogen-bond acceptors (Lipinski definition) is 5. The van der Waals surface area contributed by atoms with E-state index in [9.17, 15) is 14.9 Å². The number of rotatable bonds is 5. The summed E-state index contributed by atoms with van der Waals surface area (Å²) in [4.78, 5) is 22.2. The van der Waals surface area contributed by atoms with Crippen LogP contribution in [0.15, 0.2) is 58.7 Å². The Bertz CT molecular complexity index is 886. The van der Waals surface area contributed by atoms with Gasteiger partial charge >= 0.3 is 0 Å². The van der Waals surface area contributed by atoms with Crippen LogP contribution in [0.2, 0.25) is 0 Å². The van der Waals surface area contributed by atoms with Crippen LogP contribution in [-0.2, 0) is 4.79 Å². The second-order valence-corrected chi connectivity index (χ2v) is 5.95. The molecule has 0 unspecified atom stereocenters. The van der Waals surface area contributed by atoms with Crippen LogP contribution in [-0.4, -0.2) is 10.8 Å². The van der Waals surface area contributed by atoms with Crippen molar-refractivity contribution in [2.45, 2.75) is 6.92 Å². The van der Waals surface area contributed by atoms with Crippen molar-refractivity contribution in [3.8, 4) is 6.07 Å². The van der Waals surface area contributed by atoms with E-state index in [-0.39, 0.29) is 11.3 Å². The van der Waals surface area contributed by atoms with Crippen molar-refractivity contribution >= 4 is 38.9 Å². The van der Waals surface area contributed by atoms with E-state index in [0.29, 0.717) is 5.69 Å². The van der Waals surface area contributed by atoms with Crippen LogP contribution in [0.4, 0.5) is 17.1 Å². The predicted molar refractivity (Wildman–Crippen MR) is 97.9 cm³/mol. The van der Waals surface area contributed by atoms with Gasteiger partial charge in [0.15, 0.2) is 0 Å². The summed E-state index contributed by atoms with van der Waals surface area (Å²) in [5, 5.41) is 25.2. The van der Waals surface area contributed by atoms with Crippen LogP contribution in [0.1, 0.15) is 5.56 Å². The van der Waals surface area contributed by atoms with E-state index in [2.05, 4.69) is 26.6 Å². The highest BCUT2D eigenvalue weighted by molar-refractivity contribution is 9.10. The zero-order valence-electron chi connectivity index (χ0n) is 13.1. The van der Waals surface area contributed by atoms with E-state index in [1.807, 2.05) is 31.2 Å². The molecule has 2 aromatic rings. The highest BCUT2D eigenvalue weighted by Crippen LogP contribution is 2.20. The molecule has 0 fully saturated rings. The molecule has 0 saturated carbocycles. The molecular weight excluding hydrogens is 388 g/mol. The van der Waals surface area contributed by atoms with E-state index in [1.165, 1.54) is 30.5 Å². The summed E-state index contributed by atoms with van der Waals surface area (Å²) >= 11 is 3.36. The zero-order chi connectivity index (χ0) is 18.4. The third-order valence-electron chi connectivity index (χ3n) is 3.26. The zero-order valence-corrected chi connectivity index (χ0v) is 14.7. The number of carbonyl (C=O) groups excluding carboxylic acids is 1. The number of aryl methyl sites for hydroxylation is 1. The van der Waals surface area contributed by atoms with Crippen molar-refractivity contribution in [2.24, 2.45) is 0 Å². The Morgan fingerprint density at radius 2 is 1.96 bits per heavy atom. The minimum Gasteiger partial charge on any atom is -0.360 e. The molecule has 0 aromatic heterocycles. The van der Waals surface area contributed by atoms with Crippen molar-refractivity contribution < 1.29 is 9.72 Å². The molecule has 0 aliphatic carbocycles. The van der Waals surface area contributed by atoms with Gasteiger partial charge in [-0.3, -0.25) is 14.9 Å². The maximum Gasteiger partial charge on any atom is 0.269 e. The molecule has 0 saturated heterocycles. The van der Waals surface area contributed by atoms with Gasteiger partial charge in [-0.25, -0.2) is 0 Å². The van der Waals surface area contributed by atoms with Crippen LogP contribution in [0.5, 0.6) is 0 Å². The summed E-state index contributed by atoms with van der Waals surface area (Å²) in [6.45, 7) is 1.89. The third kappa shape index (κ3) is 4.89. The summed E-state index contributed by atoms with van der Waals surface area (Å²) in [5.74, 6) is -0.612. The molecule has 0 atom stereocenters. The van der Waals surface area contributed by atoms with E-state index in [0.717, 1.165) is 15.7 Å². The summed E-state index contributed by atoms with van der Waals surface area (Å²) in [6.07, 6.45) is 1.32. The molecule has 2 N–H and O–H groups in total. The first-order valence-corrected chi connectivity index (χ1v) is 7.89.